The van der Waals surface area contributed by atoms with Crippen molar-refractivity contribution in [1.29, 1.82) is 0 Å². The molecule has 76 valence electrons. The maximum atomic E-state index is 2.39. The lowest BCUT2D eigenvalue weighted by Gasteiger charge is -2.24. The van der Waals surface area contributed by atoms with Crippen LogP contribution in [0, 0.1) is 0 Å². The fraction of sp³-hybridized carbons (Fsp3) is 0.538. The molecule has 0 N–H and O–H groups in total. The fourth-order valence-electron chi connectivity index (χ4n) is 2.78. The van der Waals surface area contributed by atoms with E-state index in [4.69, 9.17) is 0 Å². The van der Waals surface area contributed by atoms with E-state index in [2.05, 4.69) is 50.1 Å². The van der Waals surface area contributed by atoms with Crippen LogP contribution in [-0.2, 0) is 5.41 Å². The van der Waals surface area contributed by atoms with Crippen LogP contribution in [0.1, 0.15) is 32.3 Å². The Morgan fingerprint density at radius 2 is 2.07 bits per heavy atom. The van der Waals surface area contributed by atoms with Crippen molar-refractivity contribution in [1.82, 2.24) is 0 Å². The van der Waals surface area contributed by atoms with Crippen molar-refractivity contribution in [3.63, 3.8) is 0 Å². The van der Waals surface area contributed by atoms with E-state index in [9.17, 15) is 0 Å². The standard InChI is InChI=1S/C13H19N/c1-4-9-13(2)10-14(3)12-8-6-5-7-11(12)13/h5-8H,4,9-10H2,1-3H3. The zero-order valence-corrected chi connectivity index (χ0v) is 9.38. The van der Waals surface area contributed by atoms with Gasteiger partial charge < -0.3 is 4.90 Å². The first-order chi connectivity index (χ1) is 6.67. The van der Waals surface area contributed by atoms with Crippen molar-refractivity contribution in [3.8, 4) is 0 Å². The summed E-state index contributed by atoms with van der Waals surface area (Å²) in [5.41, 5.74) is 3.33. The molecule has 0 spiro atoms. The van der Waals surface area contributed by atoms with Crippen molar-refractivity contribution < 1.29 is 0 Å². The van der Waals surface area contributed by atoms with Gasteiger partial charge in [-0.1, -0.05) is 38.5 Å². The van der Waals surface area contributed by atoms with Crippen LogP contribution in [0.5, 0.6) is 0 Å². The van der Waals surface area contributed by atoms with E-state index >= 15 is 0 Å². The quantitative estimate of drug-likeness (QED) is 0.690. The van der Waals surface area contributed by atoms with Crippen molar-refractivity contribution in [2.45, 2.75) is 32.1 Å². The molecular formula is C13H19N. The molecule has 0 saturated carbocycles. The Kier molecular flexibility index (Phi) is 2.26. The molecular weight excluding hydrogens is 170 g/mol. The first-order valence-corrected chi connectivity index (χ1v) is 5.48. The van der Waals surface area contributed by atoms with Gasteiger partial charge in [-0.15, -0.1) is 0 Å². The minimum Gasteiger partial charge on any atom is -0.373 e. The van der Waals surface area contributed by atoms with Crippen LogP contribution in [0.2, 0.25) is 0 Å². The SMILES string of the molecule is CCCC1(C)CN(C)c2ccccc21. The number of anilines is 1. The third kappa shape index (κ3) is 1.31. The molecule has 0 amide bonds. The van der Waals surface area contributed by atoms with Gasteiger partial charge in [0.2, 0.25) is 0 Å². The second-order valence-corrected chi connectivity index (χ2v) is 4.68. The highest BCUT2D eigenvalue weighted by Gasteiger charge is 2.35. The van der Waals surface area contributed by atoms with Crippen molar-refractivity contribution in [2.24, 2.45) is 0 Å². The number of fused-ring (bicyclic) bond motifs is 1. The van der Waals surface area contributed by atoms with Crippen LogP contribution in [-0.4, -0.2) is 13.6 Å². The molecule has 1 atom stereocenters. The number of benzene rings is 1. The number of hydrogen-bond acceptors (Lipinski definition) is 1. The van der Waals surface area contributed by atoms with Crippen LogP contribution in [0.25, 0.3) is 0 Å². The van der Waals surface area contributed by atoms with Gasteiger partial charge in [0.15, 0.2) is 0 Å². The number of nitrogens with zero attached hydrogens (tertiary/aromatic N) is 1. The minimum absolute atomic E-state index is 0.375. The van der Waals surface area contributed by atoms with Gasteiger partial charge in [-0.2, -0.15) is 0 Å². The second kappa shape index (κ2) is 3.30. The van der Waals surface area contributed by atoms with E-state index in [-0.39, 0.29) is 0 Å². The summed E-state index contributed by atoms with van der Waals surface area (Å²) in [5.74, 6) is 0. The zero-order chi connectivity index (χ0) is 10.2. The lowest BCUT2D eigenvalue weighted by atomic mass is 9.80. The first kappa shape index (κ1) is 9.57. The summed E-state index contributed by atoms with van der Waals surface area (Å²) in [6, 6.07) is 8.81. The number of hydrogen-bond donors (Lipinski definition) is 0. The van der Waals surface area contributed by atoms with Gasteiger partial charge >= 0.3 is 0 Å². The van der Waals surface area contributed by atoms with Gasteiger partial charge in [0.05, 0.1) is 0 Å². The van der Waals surface area contributed by atoms with E-state index in [0.29, 0.717) is 5.41 Å². The summed E-state index contributed by atoms with van der Waals surface area (Å²) in [6.07, 6.45) is 2.55. The number of rotatable bonds is 2. The highest BCUT2D eigenvalue weighted by Crippen LogP contribution is 2.42. The molecule has 0 aliphatic carbocycles. The van der Waals surface area contributed by atoms with Crippen molar-refractivity contribution in [2.75, 3.05) is 18.5 Å². The topological polar surface area (TPSA) is 3.24 Å². The normalized spacial score (nSPS) is 25.2. The summed E-state index contributed by atoms with van der Waals surface area (Å²) >= 11 is 0. The molecule has 1 heteroatoms. The number of likely N-dealkylation sites (N-methyl/N-ethyl adjacent to an activating group) is 1. The molecule has 0 bridgehead atoms. The van der Waals surface area contributed by atoms with Gasteiger partial charge in [-0.3, -0.25) is 0 Å². The Balaban J connectivity index is 2.43. The van der Waals surface area contributed by atoms with E-state index in [1.807, 2.05) is 0 Å². The molecule has 1 unspecified atom stereocenters. The smallest absolute Gasteiger partial charge is 0.0402 e. The predicted molar refractivity (Wildman–Crippen MR) is 62.0 cm³/mol. The Morgan fingerprint density at radius 3 is 2.79 bits per heavy atom. The molecule has 0 aromatic heterocycles. The number of para-hydroxylation sites is 1. The molecule has 1 aliphatic heterocycles. The average molecular weight is 189 g/mol. The molecule has 1 heterocycles. The maximum Gasteiger partial charge on any atom is 0.0402 e. The largest absolute Gasteiger partial charge is 0.373 e. The van der Waals surface area contributed by atoms with Crippen molar-refractivity contribution in [3.05, 3.63) is 29.8 Å². The molecule has 2 rings (SSSR count). The van der Waals surface area contributed by atoms with Gasteiger partial charge in [-0.25, -0.2) is 0 Å². The lowest BCUT2D eigenvalue weighted by molar-refractivity contribution is 0.458. The molecule has 1 aromatic rings. The molecule has 14 heavy (non-hydrogen) atoms. The van der Waals surface area contributed by atoms with Crippen LogP contribution in [0.3, 0.4) is 0 Å². The van der Waals surface area contributed by atoms with Gasteiger partial charge in [0, 0.05) is 24.7 Å². The summed E-state index contributed by atoms with van der Waals surface area (Å²) in [4.78, 5) is 2.38. The lowest BCUT2D eigenvalue weighted by Crippen LogP contribution is -2.28. The Bertz CT molecular complexity index is 332. The van der Waals surface area contributed by atoms with Crippen molar-refractivity contribution >= 4 is 5.69 Å². The van der Waals surface area contributed by atoms with Crippen LogP contribution in [0.15, 0.2) is 24.3 Å². The molecule has 0 radical (unpaired) electrons. The molecule has 1 aliphatic rings. The average Bonchev–Trinajstić information content (AvgIpc) is 2.41. The Morgan fingerprint density at radius 1 is 1.36 bits per heavy atom. The highest BCUT2D eigenvalue weighted by molar-refractivity contribution is 5.61. The molecule has 1 nitrogen and oxygen atoms in total. The van der Waals surface area contributed by atoms with E-state index < -0.39 is 0 Å². The van der Waals surface area contributed by atoms with Crippen LogP contribution >= 0.6 is 0 Å². The summed E-state index contributed by atoms with van der Waals surface area (Å²) in [5, 5.41) is 0. The van der Waals surface area contributed by atoms with E-state index in [1.165, 1.54) is 30.6 Å². The van der Waals surface area contributed by atoms with Gasteiger partial charge in [0.25, 0.3) is 0 Å². The molecule has 0 saturated heterocycles. The van der Waals surface area contributed by atoms with Gasteiger partial charge in [-0.05, 0) is 18.1 Å². The van der Waals surface area contributed by atoms with Crippen LogP contribution in [0.4, 0.5) is 5.69 Å². The third-order valence-electron chi connectivity index (χ3n) is 3.35. The second-order valence-electron chi connectivity index (χ2n) is 4.68. The summed E-state index contributed by atoms with van der Waals surface area (Å²) < 4.78 is 0. The Hall–Kier alpha value is -0.980. The third-order valence-corrected chi connectivity index (χ3v) is 3.35. The Labute approximate surface area is 86.7 Å². The summed E-state index contributed by atoms with van der Waals surface area (Å²) in [6.45, 7) is 5.82. The monoisotopic (exact) mass is 189 g/mol. The summed E-state index contributed by atoms with van der Waals surface area (Å²) in [7, 11) is 2.19. The zero-order valence-electron chi connectivity index (χ0n) is 9.38. The van der Waals surface area contributed by atoms with Crippen LogP contribution < -0.4 is 4.90 Å². The minimum atomic E-state index is 0.375. The highest BCUT2D eigenvalue weighted by atomic mass is 15.1. The predicted octanol–water partition coefficient (Wildman–Crippen LogP) is 3.19. The molecule has 1 aromatic carbocycles. The maximum absolute atomic E-state index is 2.39. The van der Waals surface area contributed by atoms with E-state index in [1.54, 1.807) is 0 Å². The van der Waals surface area contributed by atoms with Gasteiger partial charge in [0.1, 0.15) is 0 Å². The molecule has 0 fully saturated rings. The first-order valence-electron chi connectivity index (χ1n) is 5.48. The van der Waals surface area contributed by atoms with E-state index in [0.717, 1.165) is 0 Å². The fourth-order valence-corrected chi connectivity index (χ4v) is 2.78.